The van der Waals surface area contributed by atoms with Crippen molar-refractivity contribution in [2.24, 2.45) is 0 Å². The van der Waals surface area contributed by atoms with E-state index in [0.717, 1.165) is 23.1 Å². The predicted octanol–water partition coefficient (Wildman–Crippen LogP) is 2.50. The van der Waals surface area contributed by atoms with Crippen molar-refractivity contribution in [1.29, 1.82) is 0 Å². The Morgan fingerprint density at radius 2 is 2.00 bits per heavy atom. The van der Waals surface area contributed by atoms with Crippen LogP contribution >= 0.6 is 0 Å². The van der Waals surface area contributed by atoms with E-state index >= 15 is 0 Å². The number of nitrogens with one attached hydrogen (secondary N) is 2. The van der Waals surface area contributed by atoms with Gasteiger partial charge in [-0.15, -0.1) is 0 Å². The largest absolute Gasteiger partial charge is 0.493 e. The third kappa shape index (κ3) is 4.03. The molecule has 1 aromatic carbocycles. The van der Waals surface area contributed by atoms with Crippen LogP contribution in [-0.2, 0) is 12.8 Å². The molecule has 0 fully saturated rings. The Kier molecular flexibility index (Phi) is 5.74. The summed E-state index contributed by atoms with van der Waals surface area (Å²) in [4.78, 5) is 25.7. The highest BCUT2D eigenvalue weighted by molar-refractivity contribution is 5.96. The normalized spacial score (nSPS) is 12.7. The summed E-state index contributed by atoms with van der Waals surface area (Å²) < 4.78 is 10.7. The quantitative estimate of drug-likeness (QED) is 0.623. The van der Waals surface area contributed by atoms with Crippen molar-refractivity contribution < 1.29 is 14.3 Å². The Balaban J connectivity index is 1.57. The van der Waals surface area contributed by atoms with E-state index < -0.39 is 0 Å². The number of methoxy groups -OCH3 is 2. The van der Waals surface area contributed by atoms with Gasteiger partial charge in [-0.05, 0) is 42.7 Å². The average Bonchev–Trinajstić information content (AvgIpc) is 2.80. The first-order valence-corrected chi connectivity index (χ1v) is 9.74. The maximum absolute atomic E-state index is 12.4. The number of carbonyl (C=O) groups excluding carboxylic acids is 1. The van der Waals surface area contributed by atoms with E-state index in [1.54, 1.807) is 26.6 Å². The first kappa shape index (κ1) is 19.6. The van der Waals surface area contributed by atoms with E-state index in [4.69, 9.17) is 14.5 Å². The van der Waals surface area contributed by atoms with Gasteiger partial charge in [-0.3, -0.25) is 9.78 Å². The number of benzene rings is 1. The molecule has 0 bridgehead atoms. The van der Waals surface area contributed by atoms with Crippen molar-refractivity contribution in [3.63, 3.8) is 0 Å². The zero-order valence-corrected chi connectivity index (χ0v) is 16.9. The molecule has 3 aromatic rings. The first-order valence-electron chi connectivity index (χ1n) is 9.74. The summed E-state index contributed by atoms with van der Waals surface area (Å²) in [5, 5.41) is 6.25. The zero-order chi connectivity index (χ0) is 20.9. The number of amides is 1. The van der Waals surface area contributed by atoms with Gasteiger partial charge in [0.15, 0.2) is 17.3 Å². The monoisotopic (exact) mass is 405 g/mol. The minimum Gasteiger partial charge on any atom is -0.493 e. The molecule has 0 unspecified atom stereocenters. The van der Waals surface area contributed by atoms with Crippen molar-refractivity contribution in [2.45, 2.75) is 12.8 Å². The van der Waals surface area contributed by atoms with Crippen molar-refractivity contribution in [3.8, 4) is 22.9 Å². The molecule has 4 rings (SSSR count). The second-order valence-corrected chi connectivity index (χ2v) is 6.84. The molecule has 0 saturated carbocycles. The second kappa shape index (κ2) is 8.77. The zero-order valence-electron chi connectivity index (χ0n) is 16.9. The summed E-state index contributed by atoms with van der Waals surface area (Å²) >= 11 is 0. The Labute approximate surface area is 174 Å². The molecule has 1 aliphatic heterocycles. The number of pyridine rings is 1. The topological polar surface area (TPSA) is 98.3 Å². The molecular weight excluding hydrogens is 382 g/mol. The van der Waals surface area contributed by atoms with E-state index in [9.17, 15) is 4.79 Å². The summed E-state index contributed by atoms with van der Waals surface area (Å²) in [6.07, 6.45) is 4.83. The lowest BCUT2D eigenvalue weighted by atomic mass is 10.1. The molecule has 154 valence electrons. The van der Waals surface area contributed by atoms with Crippen LogP contribution in [0.2, 0.25) is 0 Å². The van der Waals surface area contributed by atoms with E-state index in [0.29, 0.717) is 48.3 Å². The molecule has 0 aliphatic carbocycles. The Morgan fingerprint density at radius 1 is 1.13 bits per heavy atom. The van der Waals surface area contributed by atoms with Crippen molar-refractivity contribution in [3.05, 3.63) is 59.5 Å². The van der Waals surface area contributed by atoms with Crippen LogP contribution in [0, 0.1) is 0 Å². The molecule has 30 heavy (non-hydrogen) atoms. The lowest BCUT2D eigenvalue weighted by molar-refractivity contribution is 0.0940. The van der Waals surface area contributed by atoms with Gasteiger partial charge in [0.2, 0.25) is 0 Å². The summed E-state index contributed by atoms with van der Waals surface area (Å²) in [6.45, 7) is 1.22. The smallest absolute Gasteiger partial charge is 0.270 e. The van der Waals surface area contributed by atoms with E-state index in [1.165, 1.54) is 0 Å². The molecule has 2 aromatic heterocycles. The minimum absolute atomic E-state index is 0.174. The Hall–Kier alpha value is -3.68. The van der Waals surface area contributed by atoms with Crippen LogP contribution in [0.25, 0.3) is 11.4 Å². The van der Waals surface area contributed by atoms with Crippen molar-refractivity contribution in [1.82, 2.24) is 20.3 Å². The maximum atomic E-state index is 12.4. The van der Waals surface area contributed by atoms with Gasteiger partial charge in [0.25, 0.3) is 5.91 Å². The lowest BCUT2D eigenvalue weighted by Crippen LogP contribution is -2.34. The van der Waals surface area contributed by atoms with Crippen LogP contribution in [-0.4, -0.2) is 48.2 Å². The number of nitrogens with zero attached hydrogens (tertiary/aromatic N) is 3. The fourth-order valence-corrected chi connectivity index (χ4v) is 3.43. The fraction of sp³-hybridized carbons (Fsp3) is 0.273. The Bertz CT molecular complexity index is 1060. The molecule has 8 nitrogen and oxygen atoms in total. The number of anilines is 1. The highest BCUT2D eigenvalue weighted by Gasteiger charge is 2.24. The van der Waals surface area contributed by atoms with Gasteiger partial charge in [-0.1, -0.05) is 6.07 Å². The third-order valence-corrected chi connectivity index (χ3v) is 4.96. The van der Waals surface area contributed by atoms with Crippen molar-refractivity contribution >= 4 is 11.7 Å². The molecule has 3 heterocycles. The first-order chi connectivity index (χ1) is 14.7. The fourth-order valence-electron chi connectivity index (χ4n) is 3.43. The summed E-state index contributed by atoms with van der Waals surface area (Å²) in [5.41, 5.74) is 3.14. The summed E-state index contributed by atoms with van der Waals surface area (Å²) in [6, 6.07) is 9.56. The van der Waals surface area contributed by atoms with Gasteiger partial charge in [-0.2, -0.15) is 0 Å². The van der Waals surface area contributed by atoms with Gasteiger partial charge < -0.3 is 20.1 Å². The Morgan fingerprint density at radius 3 is 2.77 bits per heavy atom. The van der Waals surface area contributed by atoms with Gasteiger partial charge >= 0.3 is 0 Å². The summed E-state index contributed by atoms with van der Waals surface area (Å²) in [7, 11) is 3.24. The van der Waals surface area contributed by atoms with Gasteiger partial charge in [0.1, 0.15) is 11.5 Å². The molecular formula is C22H23N5O3. The van der Waals surface area contributed by atoms with Crippen LogP contribution in [0.4, 0.5) is 5.82 Å². The van der Waals surface area contributed by atoms with Gasteiger partial charge in [0.05, 0.1) is 14.2 Å². The predicted molar refractivity (Wildman–Crippen MR) is 113 cm³/mol. The lowest BCUT2D eigenvalue weighted by Gasteiger charge is -2.20. The number of fused-ring (bicyclic) bond motifs is 1. The van der Waals surface area contributed by atoms with Crippen LogP contribution in [0.15, 0.2) is 42.7 Å². The van der Waals surface area contributed by atoms with Crippen LogP contribution < -0.4 is 20.1 Å². The number of aromatic nitrogens is 3. The van der Waals surface area contributed by atoms with E-state index in [2.05, 4.69) is 20.6 Å². The van der Waals surface area contributed by atoms with E-state index in [1.807, 2.05) is 30.3 Å². The molecule has 0 spiro atoms. The molecule has 1 amide bonds. The van der Waals surface area contributed by atoms with Crippen LogP contribution in [0.5, 0.6) is 11.5 Å². The number of ether oxygens (including phenoxy) is 2. The number of hydrogen-bond acceptors (Lipinski definition) is 7. The highest BCUT2D eigenvalue weighted by atomic mass is 16.5. The third-order valence-electron chi connectivity index (χ3n) is 4.96. The standard InChI is InChI=1S/C22H23N5O3/c1-29-17-6-5-14(12-18(17)30-2)7-10-24-21-16-8-11-25-22(28)19(16)26-20(27-21)15-4-3-9-23-13-15/h3-6,9,12-13H,7-8,10-11H2,1-2H3,(H,25,28)(H,24,26,27). The highest BCUT2D eigenvalue weighted by Crippen LogP contribution is 2.28. The van der Waals surface area contributed by atoms with E-state index in [-0.39, 0.29) is 5.91 Å². The van der Waals surface area contributed by atoms with Crippen LogP contribution in [0.1, 0.15) is 21.6 Å². The molecule has 2 N–H and O–H groups in total. The van der Waals surface area contributed by atoms with Gasteiger partial charge in [-0.25, -0.2) is 9.97 Å². The molecule has 0 saturated heterocycles. The molecule has 0 atom stereocenters. The van der Waals surface area contributed by atoms with Crippen molar-refractivity contribution in [2.75, 3.05) is 32.6 Å². The number of carbonyl (C=O) groups is 1. The number of rotatable bonds is 7. The number of hydrogen-bond donors (Lipinski definition) is 2. The average molecular weight is 405 g/mol. The molecule has 0 radical (unpaired) electrons. The maximum Gasteiger partial charge on any atom is 0.270 e. The minimum atomic E-state index is -0.174. The van der Waals surface area contributed by atoms with Crippen LogP contribution in [0.3, 0.4) is 0 Å². The SMILES string of the molecule is COc1ccc(CCNc2nc(-c3cccnc3)nc3c2CCNC3=O)cc1OC. The molecule has 8 heteroatoms. The summed E-state index contributed by atoms with van der Waals surface area (Å²) in [5.74, 6) is 2.39. The second-order valence-electron chi connectivity index (χ2n) is 6.84. The van der Waals surface area contributed by atoms with Gasteiger partial charge in [0, 0.05) is 36.6 Å². The molecule has 1 aliphatic rings.